The highest BCUT2D eigenvalue weighted by molar-refractivity contribution is 7.80. The van der Waals surface area contributed by atoms with E-state index in [-0.39, 0.29) is 17.8 Å². The molecular formula is C28H30N2O2S. The SMILES string of the molecule is C=C/C=C(\C=C)C(=O)CC(=S)Nc1ccc(C)c(-c2cc(=CC)/c(=C\C(=C)C)n(C)c2=O)c1. The van der Waals surface area contributed by atoms with Gasteiger partial charge in [-0.2, -0.15) is 0 Å². The summed E-state index contributed by atoms with van der Waals surface area (Å²) in [6.45, 7) is 17.0. The molecule has 0 amide bonds. The highest BCUT2D eigenvalue weighted by atomic mass is 32.1. The predicted octanol–water partition coefficient (Wildman–Crippen LogP) is 4.51. The van der Waals surface area contributed by atoms with Gasteiger partial charge in [-0.3, -0.25) is 9.59 Å². The summed E-state index contributed by atoms with van der Waals surface area (Å²) in [5.41, 5.74) is 4.29. The smallest absolute Gasteiger partial charge is 0.258 e. The van der Waals surface area contributed by atoms with Crippen LogP contribution in [0.4, 0.5) is 5.69 Å². The lowest BCUT2D eigenvalue weighted by Gasteiger charge is -2.13. The van der Waals surface area contributed by atoms with Gasteiger partial charge in [0.1, 0.15) is 0 Å². The van der Waals surface area contributed by atoms with E-state index in [1.165, 1.54) is 6.08 Å². The number of thiocarbonyl (C=S) groups is 1. The van der Waals surface area contributed by atoms with Crippen LogP contribution in [0.2, 0.25) is 0 Å². The number of aromatic nitrogens is 1. The van der Waals surface area contributed by atoms with Gasteiger partial charge in [-0.25, -0.2) is 0 Å². The lowest BCUT2D eigenvalue weighted by Crippen LogP contribution is -2.42. The van der Waals surface area contributed by atoms with Gasteiger partial charge >= 0.3 is 0 Å². The van der Waals surface area contributed by atoms with Crippen molar-refractivity contribution in [1.82, 2.24) is 4.57 Å². The third-order valence-electron chi connectivity index (χ3n) is 5.16. The van der Waals surface area contributed by atoms with Gasteiger partial charge in [0.25, 0.3) is 5.56 Å². The second-order valence-corrected chi connectivity index (χ2v) is 8.27. The summed E-state index contributed by atoms with van der Waals surface area (Å²) in [6, 6.07) is 7.60. The van der Waals surface area contributed by atoms with Gasteiger partial charge in [-0.05, 0) is 61.4 Å². The summed E-state index contributed by atoms with van der Waals surface area (Å²) >= 11 is 5.40. The summed E-state index contributed by atoms with van der Waals surface area (Å²) in [7, 11) is 1.76. The van der Waals surface area contributed by atoms with E-state index in [0.717, 1.165) is 27.3 Å². The number of hydrogen-bond acceptors (Lipinski definition) is 3. The third-order valence-corrected chi connectivity index (χ3v) is 5.40. The molecule has 0 radical (unpaired) electrons. The van der Waals surface area contributed by atoms with Crippen molar-refractivity contribution in [3.63, 3.8) is 0 Å². The maximum atomic E-state index is 13.2. The van der Waals surface area contributed by atoms with Crippen LogP contribution in [0.5, 0.6) is 0 Å². The molecular weight excluding hydrogens is 428 g/mol. The van der Waals surface area contributed by atoms with Gasteiger partial charge in [0.05, 0.1) is 16.8 Å². The Morgan fingerprint density at radius 3 is 2.48 bits per heavy atom. The van der Waals surface area contributed by atoms with E-state index in [4.69, 9.17) is 12.2 Å². The Hall–Kier alpha value is -3.57. The molecule has 0 saturated carbocycles. The number of hydrogen-bond donors (Lipinski definition) is 1. The van der Waals surface area contributed by atoms with Crippen LogP contribution in [0.15, 0.2) is 78.2 Å². The number of anilines is 1. The monoisotopic (exact) mass is 458 g/mol. The van der Waals surface area contributed by atoms with Crippen molar-refractivity contribution in [2.45, 2.75) is 27.2 Å². The van der Waals surface area contributed by atoms with E-state index in [2.05, 4.69) is 25.1 Å². The maximum Gasteiger partial charge on any atom is 0.258 e. The molecule has 1 aromatic heterocycles. The second-order valence-electron chi connectivity index (χ2n) is 7.78. The van der Waals surface area contributed by atoms with Gasteiger partial charge in [-0.1, -0.05) is 67.9 Å². The van der Waals surface area contributed by atoms with Crippen molar-refractivity contribution in [3.8, 4) is 11.1 Å². The van der Waals surface area contributed by atoms with Crippen molar-refractivity contribution in [1.29, 1.82) is 0 Å². The van der Waals surface area contributed by atoms with Crippen LogP contribution in [0, 0.1) is 6.92 Å². The minimum atomic E-state index is -0.143. The molecule has 0 saturated heterocycles. The van der Waals surface area contributed by atoms with Crippen LogP contribution >= 0.6 is 12.2 Å². The number of benzene rings is 1. The number of pyridine rings is 1. The quantitative estimate of drug-likeness (QED) is 0.359. The van der Waals surface area contributed by atoms with Crippen molar-refractivity contribution >= 4 is 40.8 Å². The molecule has 2 aromatic rings. The first-order chi connectivity index (χ1) is 15.6. The Bertz CT molecular complexity index is 1360. The first-order valence-electron chi connectivity index (χ1n) is 10.6. The first-order valence-corrected chi connectivity index (χ1v) is 11.0. The third kappa shape index (κ3) is 6.24. The molecule has 1 heterocycles. The average molecular weight is 459 g/mol. The highest BCUT2D eigenvalue weighted by Crippen LogP contribution is 2.24. The second kappa shape index (κ2) is 11.3. The van der Waals surface area contributed by atoms with Crippen molar-refractivity contribution in [2.75, 3.05) is 5.32 Å². The van der Waals surface area contributed by atoms with Crippen molar-refractivity contribution in [3.05, 3.63) is 99.9 Å². The normalized spacial score (nSPS) is 12.4. The van der Waals surface area contributed by atoms with E-state index in [1.807, 2.05) is 57.2 Å². The van der Waals surface area contributed by atoms with Gasteiger partial charge in [0, 0.05) is 23.9 Å². The molecule has 0 aliphatic heterocycles. The Kier molecular flexibility index (Phi) is 8.83. The number of ketones is 1. The van der Waals surface area contributed by atoms with Crippen LogP contribution in [0.25, 0.3) is 23.3 Å². The minimum Gasteiger partial charge on any atom is -0.350 e. The molecule has 1 aromatic carbocycles. The van der Waals surface area contributed by atoms with Gasteiger partial charge in [0.15, 0.2) is 5.78 Å². The molecule has 0 fully saturated rings. The average Bonchev–Trinajstić information content (AvgIpc) is 2.76. The minimum absolute atomic E-state index is 0.0480. The van der Waals surface area contributed by atoms with Crippen LogP contribution in [0.3, 0.4) is 0 Å². The summed E-state index contributed by atoms with van der Waals surface area (Å²) in [4.78, 5) is 26.0. The Morgan fingerprint density at radius 1 is 1.21 bits per heavy atom. The number of Topliss-reactive ketones (excluding diaryl/α,β-unsaturated/α-hetero) is 1. The summed E-state index contributed by atoms with van der Waals surface area (Å²) in [5, 5.41) is 4.88. The van der Waals surface area contributed by atoms with E-state index in [1.54, 1.807) is 23.8 Å². The van der Waals surface area contributed by atoms with Crippen molar-refractivity contribution in [2.24, 2.45) is 7.05 Å². The number of carbonyl (C=O) groups excluding carboxylic acids is 1. The number of nitrogens with zero attached hydrogens (tertiary/aromatic N) is 1. The van der Waals surface area contributed by atoms with Crippen LogP contribution < -0.4 is 21.4 Å². The van der Waals surface area contributed by atoms with E-state index < -0.39 is 0 Å². The zero-order valence-corrected chi connectivity index (χ0v) is 20.5. The van der Waals surface area contributed by atoms with Crippen LogP contribution in [-0.2, 0) is 11.8 Å². The fourth-order valence-electron chi connectivity index (χ4n) is 3.46. The summed E-state index contributed by atoms with van der Waals surface area (Å²) in [6.07, 6.45) is 8.56. The number of rotatable bonds is 8. The first kappa shape index (κ1) is 25.7. The highest BCUT2D eigenvalue weighted by Gasteiger charge is 2.13. The lowest BCUT2D eigenvalue weighted by molar-refractivity contribution is -0.114. The van der Waals surface area contributed by atoms with Gasteiger partial charge in [-0.15, -0.1) is 0 Å². The van der Waals surface area contributed by atoms with Gasteiger partial charge in [0.2, 0.25) is 0 Å². The number of aryl methyl sites for hydroxylation is 1. The number of allylic oxidation sites excluding steroid dienone is 5. The van der Waals surface area contributed by atoms with Crippen molar-refractivity contribution < 1.29 is 4.79 Å². The van der Waals surface area contributed by atoms with Crippen LogP contribution in [0.1, 0.15) is 25.8 Å². The Labute approximate surface area is 200 Å². The van der Waals surface area contributed by atoms with Gasteiger partial charge < -0.3 is 9.88 Å². The molecule has 0 spiro atoms. The maximum absolute atomic E-state index is 13.2. The fraction of sp³-hybridized carbons (Fsp3) is 0.179. The molecule has 0 aliphatic rings. The zero-order valence-electron chi connectivity index (χ0n) is 19.7. The Balaban J connectivity index is 2.48. The lowest BCUT2D eigenvalue weighted by atomic mass is 10.00. The standard InChI is InChI=1S/C28H30N2O2S/c1-8-11-20(9-2)26(31)17-27(33)29-22-13-12-19(6)23(16-22)24-15-21(10-3)25(14-18(4)5)30(7)28(24)32/h8-16H,1-2,4,17H2,3,5-7H3,(H,29,33)/b20-11+,21-10?,25-14+. The molecule has 0 aliphatic carbocycles. The number of carbonyl (C=O) groups is 1. The Morgan fingerprint density at radius 2 is 1.91 bits per heavy atom. The molecule has 0 atom stereocenters. The topological polar surface area (TPSA) is 51.1 Å². The molecule has 0 unspecified atom stereocenters. The number of nitrogens with one attached hydrogen (secondary N) is 1. The molecule has 33 heavy (non-hydrogen) atoms. The molecule has 5 heteroatoms. The molecule has 2 rings (SSSR count). The molecule has 170 valence electrons. The molecule has 0 bridgehead atoms. The predicted molar refractivity (Wildman–Crippen MR) is 145 cm³/mol. The summed E-state index contributed by atoms with van der Waals surface area (Å²) < 4.78 is 1.64. The van der Waals surface area contributed by atoms with E-state index in [9.17, 15) is 9.59 Å². The van der Waals surface area contributed by atoms with E-state index in [0.29, 0.717) is 21.8 Å². The largest absolute Gasteiger partial charge is 0.350 e. The summed E-state index contributed by atoms with van der Waals surface area (Å²) in [5.74, 6) is -0.143. The zero-order chi connectivity index (χ0) is 24.7. The van der Waals surface area contributed by atoms with E-state index >= 15 is 0 Å². The molecule has 1 N–H and O–H groups in total. The van der Waals surface area contributed by atoms with Crippen LogP contribution in [-0.4, -0.2) is 15.3 Å². The fourth-order valence-corrected chi connectivity index (χ4v) is 3.71. The molecule has 4 nitrogen and oxygen atoms in total.